The van der Waals surface area contributed by atoms with Crippen LogP contribution in [0, 0.1) is 29.7 Å². The molecule has 5 unspecified atom stereocenters. The maximum absolute atomic E-state index is 3.20. The molecular formula is C18H36P+. The summed E-state index contributed by atoms with van der Waals surface area (Å²) in [5.41, 5.74) is 0. The zero-order valence-electron chi connectivity index (χ0n) is 14.1. The molecule has 0 aromatic rings. The van der Waals surface area contributed by atoms with Crippen LogP contribution >= 0.6 is 8.58 Å². The largest absolute Gasteiger partial charge is 0.214 e. The van der Waals surface area contributed by atoms with Gasteiger partial charge < -0.3 is 0 Å². The van der Waals surface area contributed by atoms with Crippen molar-refractivity contribution in [2.75, 3.05) is 12.3 Å². The molecule has 0 saturated heterocycles. The highest BCUT2D eigenvalue weighted by molar-refractivity contribution is 7.37. The molecule has 0 nitrogen and oxygen atoms in total. The van der Waals surface area contributed by atoms with Crippen LogP contribution in [0.1, 0.15) is 67.2 Å². The molecule has 0 rings (SSSR count). The lowest BCUT2D eigenvalue weighted by Gasteiger charge is -2.23. The lowest BCUT2D eigenvalue weighted by molar-refractivity contribution is 0.313. The van der Waals surface area contributed by atoms with Crippen LogP contribution in [-0.2, 0) is 0 Å². The average Bonchev–Trinajstić information content (AvgIpc) is 2.40. The molecule has 0 aliphatic heterocycles. The van der Waals surface area contributed by atoms with Gasteiger partial charge >= 0.3 is 0 Å². The molecular weight excluding hydrogens is 247 g/mol. The fraction of sp³-hybridized carbons (Fsp3) is 0.889. The molecule has 0 aliphatic rings. The Kier molecular flexibility index (Phi) is 11.9. The molecule has 0 aliphatic carbocycles. The van der Waals surface area contributed by atoms with E-state index in [2.05, 4.69) is 46.8 Å². The minimum Gasteiger partial charge on any atom is -0.122 e. The molecule has 19 heavy (non-hydrogen) atoms. The Morgan fingerprint density at radius 3 is 2.26 bits per heavy atom. The summed E-state index contributed by atoms with van der Waals surface area (Å²) >= 11 is 0. The third-order valence-electron chi connectivity index (χ3n) is 4.48. The van der Waals surface area contributed by atoms with Gasteiger partial charge in [0.1, 0.15) is 0 Å². The summed E-state index contributed by atoms with van der Waals surface area (Å²) in [5.74, 6) is 3.41. The maximum atomic E-state index is 3.20. The third kappa shape index (κ3) is 9.59. The summed E-state index contributed by atoms with van der Waals surface area (Å²) in [4.78, 5) is 0. The van der Waals surface area contributed by atoms with Crippen LogP contribution in [0.5, 0.6) is 0 Å². The minimum absolute atomic E-state index is 0.704. The van der Waals surface area contributed by atoms with E-state index in [1.807, 2.05) is 6.92 Å². The first-order chi connectivity index (χ1) is 9.04. The molecule has 0 aromatic heterocycles. The number of allylic oxidation sites excluding steroid dienone is 2. The summed E-state index contributed by atoms with van der Waals surface area (Å²) in [5, 5.41) is 0. The van der Waals surface area contributed by atoms with Gasteiger partial charge in [-0.15, -0.1) is 8.58 Å². The van der Waals surface area contributed by atoms with Crippen LogP contribution < -0.4 is 0 Å². The normalized spacial score (nSPS) is 18.6. The molecule has 5 atom stereocenters. The molecule has 0 aromatic carbocycles. The van der Waals surface area contributed by atoms with Crippen molar-refractivity contribution in [2.24, 2.45) is 23.7 Å². The molecule has 0 bridgehead atoms. The van der Waals surface area contributed by atoms with Gasteiger partial charge in [-0.25, -0.2) is 0 Å². The topological polar surface area (TPSA) is 0 Å². The van der Waals surface area contributed by atoms with E-state index in [0.29, 0.717) is 5.92 Å². The molecule has 1 heteroatoms. The fourth-order valence-electron chi connectivity index (χ4n) is 2.72. The quantitative estimate of drug-likeness (QED) is 0.314. The van der Waals surface area contributed by atoms with Crippen molar-refractivity contribution in [3.63, 3.8) is 0 Å². The van der Waals surface area contributed by atoms with Crippen LogP contribution in [0.25, 0.3) is 0 Å². The number of rotatable bonds is 11. The van der Waals surface area contributed by atoms with Gasteiger partial charge in [0.15, 0.2) is 13.0 Å². The highest BCUT2D eigenvalue weighted by atomic mass is 31.1. The predicted molar refractivity (Wildman–Crippen MR) is 92.3 cm³/mol. The Hall–Kier alpha value is 0.0800. The smallest absolute Gasteiger partial charge is 0.122 e. The van der Waals surface area contributed by atoms with Crippen molar-refractivity contribution in [2.45, 2.75) is 67.2 Å². The van der Waals surface area contributed by atoms with E-state index in [9.17, 15) is 0 Å². The zero-order valence-corrected chi connectivity index (χ0v) is 15.1. The third-order valence-corrected chi connectivity index (χ3v) is 5.85. The second-order valence-corrected chi connectivity index (χ2v) is 7.90. The Labute approximate surface area is 124 Å². The van der Waals surface area contributed by atoms with Gasteiger partial charge in [0.2, 0.25) is 6.08 Å². The first-order valence-corrected chi connectivity index (χ1v) is 9.67. The van der Waals surface area contributed by atoms with Crippen molar-refractivity contribution in [1.82, 2.24) is 0 Å². The second kappa shape index (κ2) is 11.9. The van der Waals surface area contributed by atoms with Crippen molar-refractivity contribution in [1.29, 1.82) is 0 Å². The van der Waals surface area contributed by atoms with Gasteiger partial charge in [0.05, 0.1) is 0 Å². The highest BCUT2D eigenvalue weighted by Gasteiger charge is 2.17. The molecule has 0 saturated carbocycles. The van der Waals surface area contributed by atoms with Crippen LogP contribution in [0.2, 0.25) is 0 Å². The average molecular weight is 283 g/mol. The van der Waals surface area contributed by atoms with E-state index >= 15 is 0 Å². The standard InChI is InChI=1S/C18H36P/c1-7-10-15(4)13-18(14-19-9-3)12-11-17(6)16(5)8-2/h10,15-19H,8-9,11-14H2,1-6H3/q+1. The SMILES string of the molecule is C[C+]=CC(C)CC(CCC(C)C(C)CC)CPCC. The van der Waals surface area contributed by atoms with E-state index in [4.69, 9.17) is 0 Å². The van der Waals surface area contributed by atoms with Gasteiger partial charge in [-0.3, -0.25) is 0 Å². The van der Waals surface area contributed by atoms with Crippen LogP contribution in [0.4, 0.5) is 0 Å². The van der Waals surface area contributed by atoms with Crippen LogP contribution in [0.3, 0.4) is 0 Å². The van der Waals surface area contributed by atoms with Gasteiger partial charge in [0, 0.05) is 5.92 Å². The van der Waals surface area contributed by atoms with Gasteiger partial charge in [-0.05, 0) is 42.9 Å². The molecule has 0 radical (unpaired) electrons. The van der Waals surface area contributed by atoms with Crippen molar-refractivity contribution in [3.05, 3.63) is 12.2 Å². The Bertz CT molecular complexity index is 222. The van der Waals surface area contributed by atoms with E-state index in [1.54, 1.807) is 0 Å². The zero-order chi connectivity index (χ0) is 14.7. The van der Waals surface area contributed by atoms with E-state index in [1.165, 1.54) is 38.0 Å². The molecule has 0 heterocycles. The summed E-state index contributed by atoms with van der Waals surface area (Å²) in [6.45, 7) is 13.9. The summed E-state index contributed by atoms with van der Waals surface area (Å²) in [6, 6.07) is 0. The first-order valence-electron chi connectivity index (χ1n) is 8.26. The lowest BCUT2D eigenvalue weighted by Crippen LogP contribution is -2.13. The van der Waals surface area contributed by atoms with E-state index < -0.39 is 0 Å². The Morgan fingerprint density at radius 1 is 1.05 bits per heavy atom. The fourth-order valence-corrected chi connectivity index (χ4v) is 3.78. The van der Waals surface area contributed by atoms with Crippen LogP contribution in [0.15, 0.2) is 6.08 Å². The van der Waals surface area contributed by atoms with E-state index in [0.717, 1.165) is 26.3 Å². The molecule has 112 valence electrons. The second-order valence-electron chi connectivity index (χ2n) is 6.28. The highest BCUT2D eigenvalue weighted by Crippen LogP contribution is 2.29. The molecule has 0 N–H and O–H groups in total. The lowest BCUT2D eigenvalue weighted by atomic mass is 9.85. The first kappa shape index (κ1) is 19.1. The predicted octanol–water partition coefficient (Wildman–Crippen LogP) is 6.17. The van der Waals surface area contributed by atoms with Gasteiger partial charge in [0.25, 0.3) is 0 Å². The molecule has 0 amide bonds. The Morgan fingerprint density at radius 2 is 1.74 bits per heavy atom. The minimum atomic E-state index is 0.704. The Balaban J connectivity index is 4.18. The number of hydrogen-bond donors (Lipinski definition) is 0. The summed E-state index contributed by atoms with van der Waals surface area (Å²) in [7, 11) is 1.16. The number of hydrogen-bond acceptors (Lipinski definition) is 0. The van der Waals surface area contributed by atoms with Crippen LogP contribution in [-0.4, -0.2) is 12.3 Å². The maximum Gasteiger partial charge on any atom is 0.214 e. The summed E-state index contributed by atoms with van der Waals surface area (Å²) < 4.78 is 0. The van der Waals surface area contributed by atoms with Crippen molar-refractivity contribution < 1.29 is 0 Å². The van der Waals surface area contributed by atoms with Crippen molar-refractivity contribution >= 4 is 8.58 Å². The molecule has 0 spiro atoms. The summed E-state index contributed by atoms with van der Waals surface area (Å²) in [6.07, 6.45) is 13.8. The van der Waals surface area contributed by atoms with E-state index in [-0.39, 0.29) is 0 Å². The molecule has 0 fully saturated rings. The van der Waals surface area contributed by atoms with Gasteiger partial charge in [-0.2, -0.15) is 0 Å². The monoisotopic (exact) mass is 283 g/mol. The van der Waals surface area contributed by atoms with Crippen molar-refractivity contribution in [3.8, 4) is 0 Å². The van der Waals surface area contributed by atoms with Gasteiger partial charge in [-0.1, -0.05) is 47.5 Å².